The number of carbonyl (C=O) groups is 2. The van der Waals surface area contributed by atoms with Gasteiger partial charge in [0.15, 0.2) is 0 Å². The van der Waals surface area contributed by atoms with Crippen LogP contribution in [0.25, 0.3) is 0 Å². The minimum absolute atomic E-state index is 0.0531. The molecule has 15 heavy (non-hydrogen) atoms. The highest BCUT2D eigenvalue weighted by atomic mass is 16.2. The van der Waals surface area contributed by atoms with Crippen molar-refractivity contribution in [2.45, 2.75) is 46.2 Å². The zero-order valence-electron chi connectivity index (χ0n) is 9.83. The average molecular weight is 212 g/mol. The normalized spacial score (nSPS) is 28.6. The minimum atomic E-state index is -0.377. The van der Waals surface area contributed by atoms with Crippen LogP contribution >= 0.6 is 0 Å². The van der Waals surface area contributed by atoms with Crippen LogP contribution in [0.5, 0.6) is 0 Å². The summed E-state index contributed by atoms with van der Waals surface area (Å²) in [6.45, 7) is 7.83. The number of hydrogen-bond acceptors (Lipinski definition) is 2. The van der Waals surface area contributed by atoms with Crippen molar-refractivity contribution in [3.8, 4) is 0 Å². The van der Waals surface area contributed by atoms with Crippen molar-refractivity contribution in [2.24, 2.45) is 11.8 Å². The molecule has 0 aromatic heterocycles. The van der Waals surface area contributed by atoms with Crippen molar-refractivity contribution in [1.82, 2.24) is 10.6 Å². The lowest BCUT2D eigenvalue weighted by atomic mass is 9.93. The van der Waals surface area contributed by atoms with E-state index in [4.69, 9.17) is 0 Å². The van der Waals surface area contributed by atoms with Gasteiger partial charge in [-0.3, -0.25) is 9.59 Å². The lowest BCUT2D eigenvalue weighted by Crippen LogP contribution is -2.64. The molecular weight excluding hydrogens is 192 g/mol. The Balaban J connectivity index is 2.71. The number of rotatable bonds is 3. The van der Waals surface area contributed by atoms with Crippen molar-refractivity contribution in [3.05, 3.63) is 0 Å². The lowest BCUT2D eigenvalue weighted by molar-refractivity contribution is -0.139. The predicted molar refractivity (Wildman–Crippen MR) is 58.2 cm³/mol. The molecule has 1 rings (SSSR count). The second-order valence-electron chi connectivity index (χ2n) is 4.60. The Morgan fingerprint density at radius 3 is 2.00 bits per heavy atom. The average Bonchev–Trinajstić information content (AvgIpc) is 2.19. The number of carbonyl (C=O) groups excluding carboxylic acids is 2. The van der Waals surface area contributed by atoms with E-state index in [9.17, 15) is 9.59 Å². The quantitative estimate of drug-likeness (QED) is 0.722. The van der Waals surface area contributed by atoms with Gasteiger partial charge < -0.3 is 10.6 Å². The zero-order chi connectivity index (χ0) is 11.6. The van der Waals surface area contributed by atoms with Crippen LogP contribution < -0.4 is 10.6 Å². The van der Waals surface area contributed by atoms with Crippen molar-refractivity contribution in [2.75, 3.05) is 0 Å². The topological polar surface area (TPSA) is 58.2 Å². The summed E-state index contributed by atoms with van der Waals surface area (Å²) in [6, 6.07) is -0.740. The van der Waals surface area contributed by atoms with Gasteiger partial charge in [-0.1, -0.05) is 34.1 Å². The van der Waals surface area contributed by atoms with Crippen LogP contribution in [0.2, 0.25) is 0 Å². The third-order valence-corrected chi connectivity index (χ3v) is 3.04. The van der Waals surface area contributed by atoms with Gasteiger partial charge in [-0.25, -0.2) is 0 Å². The Labute approximate surface area is 90.8 Å². The van der Waals surface area contributed by atoms with Gasteiger partial charge in [-0.05, 0) is 11.8 Å². The number of nitrogens with one attached hydrogen (secondary N) is 2. The van der Waals surface area contributed by atoms with E-state index in [0.29, 0.717) is 0 Å². The van der Waals surface area contributed by atoms with E-state index >= 15 is 0 Å². The first-order valence-electron chi connectivity index (χ1n) is 5.58. The molecule has 0 aromatic carbocycles. The molecule has 1 fully saturated rings. The second-order valence-corrected chi connectivity index (χ2v) is 4.60. The first-order chi connectivity index (χ1) is 6.97. The summed E-state index contributed by atoms with van der Waals surface area (Å²) in [5, 5.41) is 5.58. The Bertz CT molecular complexity index is 263. The molecule has 2 N–H and O–H groups in total. The summed E-state index contributed by atoms with van der Waals surface area (Å²) < 4.78 is 0. The van der Waals surface area contributed by atoms with Crippen LogP contribution in [0.4, 0.5) is 0 Å². The van der Waals surface area contributed by atoms with Crippen LogP contribution in [0.15, 0.2) is 0 Å². The fraction of sp³-hybridized carbons (Fsp3) is 0.818. The molecule has 4 heteroatoms. The number of hydrogen-bond donors (Lipinski definition) is 2. The van der Waals surface area contributed by atoms with E-state index in [-0.39, 0.29) is 35.7 Å². The van der Waals surface area contributed by atoms with Gasteiger partial charge in [0, 0.05) is 0 Å². The Morgan fingerprint density at radius 2 is 1.53 bits per heavy atom. The SMILES string of the molecule is CC[C@H](C)[C@H]1NC(=O)[C@@H](C(C)C)NC1=O. The molecule has 2 amide bonds. The molecule has 1 saturated heterocycles. The third-order valence-electron chi connectivity index (χ3n) is 3.04. The third kappa shape index (κ3) is 2.49. The van der Waals surface area contributed by atoms with Crippen molar-refractivity contribution in [3.63, 3.8) is 0 Å². The smallest absolute Gasteiger partial charge is 0.243 e. The van der Waals surface area contributed by atoms with Crippen LogP contribution in [-0.4, -0.2) is 23.9 Å². The summed E-state index contributed by atoms with van der Waals surface area (Å²) in [5.41, 5.74) is 0. The van der Waals surface area contributed by atoms with E-state index in [1.807, 2.05) is 27.7 Å². The van der Waals surface area contributed by atoms with E-state index in [1.165, 1.54) is 0 Å². The summed E-state index contributed by atoms with van der Waals surface area (Å²) in [4.78, 5) is 23.4. The second kappa shape index (κ2) is 4.64. The first-order valence-corrected chi connectivity index (χ1v) is 5.58. The van der Waals surface area contributed by atoms with Crippen molar-refractivity contribution in [1.29, 1.82) is 0 Å². The van der Waals surface area contributed by atoms with E-state index in [0.717, 1.165) is 6.42 Å². The number of amides is 2. The zero-order valence-corrected chi connectivity index (χ0v) is 9.83. The standard InChI is InChI=1S/C11H20N2O2/c1-5-7(4)9-11(15)12-8(6(2)3)10(14)13-9/h6-9H,5H2,1-4H3,(H,12,15)(H,13,14)/t7-,8+,9+/m0/s1. The summed E-state index contributed by atoms with van der Waals surface area (Å²) in [5.74, 6) is 0.200. The highest BCUT2D eigenvalue weighted by Crippen LogP contribution is 2.14. The molecule has 0 aliphatic carbocycles. The molecule has 0 bridgehead atoms. The fourth-order valence-corrected chi connectivity index (χ4v) is 1.72. The summed E-state index contributed by atoms with van der Waals surface area (Å²) >= 11 is 0. The predicted octanol–water partition coefficient (Wildman–Crippen LogP) is 0.672. The molecule has 0 spiro atoms. The Hall–Kier alpha value is -1.06. The Kier molecular flexibility index (Phi) is 3.72. The number of piperazine rings is 1. The van der Waals surface area contributed by atoms with Gasteiger partial charge >= 0.3 is 0 Å². The summed E-state index contributed by atoms with van der Waals surface area (Å²) in [6.07, 6.45) is 0.880. The maximum absolute atomic E-state index is 11.7. The van der Waals surface area contributed by atoms with Crippen LogP contribution in [0.1, 0.15) is 34.1 Å². The first kappa shape index (κ1) is 12.0. The maximum atomic E-state index is 11.7. The monoisotopic (exact) mass is 212 g/mol. The van der Waals surface area contributed by atoms with E-state index in [2.05, 4.69) is 10.6 Å². The highest BCUT2D eigenvalue weighted by molar-refractivity contribution is 5.97. The fourth-order valence-electron chi connectivity index (χ4n) is 1.72. The van der Waals surface area contributed by atoms with Gasteiger partial charge in [-0.2, -0.15) is 0 Å². The van der Waals surface area contributed by atoms with Crippen LogP contribution in [0, 0.1) is 11.8 Å². The minimum Gasteiger partial charge on any atom is -0.342 e. The molecule has 86 valence electrons. The van der Waals surface area contributed by atoms with Crippen LogP contribution in [0.3, 0.4) is 0 Å². The van der Waals surface area contributed by atoms with E-state index < -0.39 is 0 Å². The molecule has 1 aliphatic heterocycles. The van der Waals surface area contributed by atoms with Gasteiger partial charge in [-0.15, -0.1) is 0 Å². The highest BCUT2D eigenvalue weighted by Gasteiger charge is 2.37. The largest absolute Gasteiger partial charge is 0.342 e. The maximum Gasteiger partial charge on any atom is 0.243 e. The van der Waals surface area contributed by atoms with E-state index in [1.54, 1.807) is 0 Å². The molecule has 0 radical (unpaired) electrons. The lowest BCUT2D eigenvalue weighted by Gasteiger charge is -2.34. The molecule has 0 saturated carbocycles. The van der Waals surface area contributed by atoms with Gasteiger partial charge in [0.25, 0.3) is 0 Å². The van der Waals surface area contributed by atoms with Gasteiger partial charge in [0.2, 0.25) is 11.8 Å². The molecule has 4 nitrogen and oxygen atoms in total. The molecule has 1 aliphatic rings. The molecule has 0 aromatic rings. The van der Waals surface area contributed by atoms with Gasteiger partial charge in [0.1, 0.15) is 12.1 Å². The molecule has 3 atom stereocenters. The van der Waals surface area contributed by atoms with Crippen molar-refractivity contribution < 1.29 is 9.59 Å². The molecule has 0 unspecified atom stereocenters. The molecular formula is C11H20N2O2. The van der Waals surface area contributed by atoms with Gasteiger partial charge in [0.05, 0.1) is 0 Å². The Morgan fingerprint density at radius 1 is 1.07 bits per heavy atom. The van der Waals surface area contributed by atoms with Crippen LogP contribution in [-0.2, 0) is 9.59 Å². The van der Waals surface area contributed by atoms with Crippen molar-refractivity contribution >= 4 is 11.8 Å². The summed E-state index contributed by atoms with van der Waals surface area (Å²) in [7, 11) is 0. The molecule has 1 heterocycles.